The van der Waals surface area contributed by atoms with Crippen LogP contribution in [0.2, 0.25) is 0 Å². The van der Waals surface area contributed by atoms with Gasteiger partial charge in [-0.2, -0.15) is 0 Å². The molecular weight excluding hydrogens is 184 g/mol. The van der Waals surface area contributed by atoms with Crippen molar-refractivity contribution >= 4 is 0 Å². The molecule has 1 atom stereocenters. The van der Waals surface area contributed by atoms with Gasteiger partial charge in [-0.3, -0.25) is 4.90 Å². The van der Waals surface area contributed by atoms with E-state index in [4.69, 9.17) is 5.73 Å². The molecule has 1 aliphatic rings. The second-order valence-electron chi connectivity index (χ2n) is 6.22. The van der Waals surface area contributed by atoms with E-state index in [2.05, 4.69) is 32.6 Å². The van der Waals surface area contributed by atoms with E-state index in [1.165, 1.54) is 32.4 Å². The lowest BCUT2D eigenvalue weighted by Crippen LogP contribution is -2.47. The predicted octanol–water partition coefficient (Wildman–Crippen LogP) is 2.48. The van der Waals surface area contributed by atoms with E-state index < -0.39 is 0 Å². The Balaban J connectivity index is 2.42. The van der Waals surface area contributed by atoms with Gasteiger partial charge in [-0.15, -0.1) is 0 Å². The van der Waals surface area contributed by atoms with Gasteiger partial charge in [0.2, 0.25) is 0 Å². The molecule has 2 nitrogen and oxygen atoms in total. The van der Waals surface area contributed by atoms with Crippen LogP contribution < -0.4 is 5.73 Å². The van der Waals surface area contributed by atoms with Crippen LogP contribution in [0.15, 0.2) is 0 Å². The van der Waals surface area contributed by atoms with E-state index in [0.29, 0.717) is 11.5 Å². The number of rotatable bonds is 4. The molecule has 1 heterocycles. The Morgan fingerprint density at radius 1 is 1.20 bits per heavy atom. The summed E-state index contributed by atoms with van der Waals surface area (Å²) >= 11 is 0. The number of hydrogen-bond donors (Lipinski definition) is 1. The van der Waals surface area contributed by atoms with Gasteiger partial charge in [-0.1, -0.05) is 27.7 Å². The van der Waals surface area contributed by atoms with Crippen LogP contribution in [0.3, 0.4) is 0 Å². The lowest BCUT2D eigenvalue weighted by molar-refractivity contribution is 0.0873. The van der Waals surface area contributed by atoms with Crippen molar-refractivity contribution in [2.24, 2.45) is 17.1 Å². The second kappa shape index (κ2) is 5.31. The fraction of sp³-hybridized carbons (Fsp3) is 1.00. The number of nitrogens with two attached hydrogens (primary N) is 1. The molecule has 90 valence electrons. The molecule has 1 rings (SSSR count). The largest absolute Gasteiger partial charge is 0.329 e. The molecule has 0 saturated carbocycles. The van der Waals surface area contributed by atoms with E-state index in [-0.39, 0.29) is 0 Å². The smallest absolute Gasteiger partial charge is 0.0220 e. The van der Waals surface area contributed by atoms with Crippen LogP contribution >= 0.6 is 0 Å². The fourth-order valence-electron chi connectivity index (χ4n) is 2.43. The van der Waals surface area contributed by atoms with Crippen molar-refractivity contribution in [2.45, 2.75) is 53.0 Å². The van der Waals surface area contributed by atoms with Crippen molar-refractivity contribution in [3.8, 4) is 0 Å². The van der Waals surface area contributed by atoms with Crippen molar-refractivity contribution in [1.29, 1.82) is 0 Å². The first kappa shape index (κ1) is 13.0. The monoisotopic (exact) mass is 212 g/mol. The fourth-order valence-corrected chi connectivity index (χ4v) is 2.43. The molecule has 1 fully saturated rings. The summed E-state index contributed by atoms with van der Waals surface area (Å²) in [6.45, 7) is 12.6. The third kappa shape index (κ3) is 4.12. The maximum atomic E-state index is 5.88. The summed E-state index contributed by atoms with van der Waals surface area (Å²) < 4.78 is 0. The Kier molecular flexibility index (Phi) is 4.60. The van der Waals surface area contributed by atoms with Crippen LogP contribution in [0.4, 0.5) is 0 Å². The van der Waals surface area contributed by atoms with Crippen molar-refractivity contribution in [2.75, 3.05) is 19.6 Å². The molecule has 0 aromatic carbocycles. The standard InChI is InChI=1S/C13H28N2/c1-11(2)9-12(10-14)15-7-5-13(3,4)6-8-15/h11-12H,5-10,14H2,1-4H3. The van der Waals surface area contributed by atoms with Crippen LogP contribution in [-0.4, -0.2) is 30.6 Å². The van der Waals surface area contributed by atoms with Crippen LogP contribution in [0.5, 0.6) is 0 Å². The normalized spacial score (nSPS) is 24.4. The van der Waals surface area contributed by atoms with E-state index in [1.807, 2.05) is 0 Å². The third-order valence-corrected chi connectivity index (χ3v) is 3.68. The molecule has 0 aliphatic carbocycles. The number of hydrogen-bond acceptors (Lipinski definition) is 2. The highest BCUT2D eigenvalue weighted by Gasteiger charge is 2.28. The van der Waals surface area contributed by atoms with Crippen molar-refractivity contribution in [3.63, 3.8) is 0 Å². The molecule has 2 heteroatoms. The highest BCUT2D eigenvalue weighted by atomic mass is 15.2. The highest BCUT2D eigenvalue weighted by molar-refractivity contribution is 4.83. The summed E-state index contributed by atoms with van der Waals surface area (Å²) in [5, 5.41) is 0. The number of piperidine rings is 1. The molecule has 2 N–H and O–H groups in total. The van der Waals surface area contributed by atoms with Gasteiger partial charge in [0.05, 0.1) is 0 Å². The zero-order chi connectivity index (χ0) is 11.5. The molecule has 0 aromatic rings. The molecule has 0 amide bonds. The minimum absolute atomic E-state index is 0.549. The molecule has 1 saturated heterocycles. The lowest BCUT2D eigenvalue weighted by atomic mass is 9.82. The molecule has 0 radical (unpaired) electrons. The van der Waals surface area contributed by atoms with Gasteiger partial charge in [0, 0.05) is 12.6 Å². The lowest BCUT2D eigenvalue weighted by Gasteiger charge is -2.41. The van der Waals surface area contributed by atoms with Crippen molar-refractivity contribution in [3.05, 3.63) is 0 Å². The van der Waals surface area contributed by atoms with Gasteiger partial charge in [-0.25, -0.2) is 0 Å². The average molecular weight is 212 g/mol. The first-order valence-electron chi connectivity index (χ1n) is 6.39. The maximum Gasteiger partial charge on any atom is 0.0220 e. The summed E-state index contributed by atoms with van der Waals surface area (Å²) in [5.41, 5.74) is 6.43. The highest BCUT2D eigenvalue weighted by Crippen LogP contribution is 2.31. The minimum Gasteiger partial charge on any atom is -0.329 e. The van der Waals surface area contributed by atoms with Crippen molar-refractivity contribution < 1.29 is 0 Å². The van der Waals surface area contributed by atoms with E-state index in [1.54, 1.807) is 0 Å². The van der Waals surface area contributed by atoms with Crippen LogP contribution in [0.25, 0.3) is 0 Å². The summed E-state index contributed by atoms with van der Waals surface area (Å²) in [6, 6.07) is 0.612. The molecule has 0 bridgehead atoms. The SMILES string of the molecule is CC(C)CC(CN)N1CCC(C)(C)CC1. The van der Waals surface area contributed by atoms with Gasteiger partial charge < -0.3 is 5.73 Å². The van der Waals surface area contributed by atoms with Gasteiger partial charge in [-0.05, 0) is 43.7 Å². The Hall–Kier alpha value is -0.0800. The maximum absolute atomic E-state index is 5.88. The van der Waals surface area contributed by atoms with Gasteiger partial charge in [0.1, 0.15) is 0 Å². The number of nitrogens with zero attached hydrogens (tertiary/aromatic N) is 1. The molecular formula is C13H28N2. The first-order valence-corrected chi connectivity index (χ1v) is 6.39. The summed E-state index contributed by atoms with van der Waals surface area (Å²) in [6.07, 6.45) is 3.89. The quantitative estimate of drug-likeness (QED) is 0.776. The first-order chi connectivity index (χ1) is 6.94. The zero-order valence-corrected chi connectivity index (χ0v) is 10.9. The van der Waals surface area contributed by atoms with E-state index >= 15 is 0 Å². The third-order valence-electron chi connectivity index (χ3n) is 3.68. The zero-order valence-electron chi connectivity index (χ0n) is 10.9. The van der Waals surface area contributed by atoms with Crippen LogP contribution in [0, 0.1) is 11.3 Å². The molecule has 15 heavy (non-hydrogen) atoms. The molecule has 1 unspecified atom stereocenters. The summed E-state index contributed by atoms with van der Waals surface area (Å²) in [4.78, 5) is 2.60. The average Bonchev–Trinajstić information content (AvgIpc) is 2.14. The van der Waals surface area contributed by atoms with Crippen LogP contribution in [-0.2, 0) is 0 Å². The molecule has 0 spiro atoms. The molecule has 0 aromatic heterocycles. The summed E-state index contributed by atoms with van der Waals surface area (Å²) in [5.74, 6) is 0.758. The Morgan fingerprint density at radius 3 is 2.13 bits per heavy atom. The summed E-state index contributed by atoms with van der Waals surface area (Å²) in [7, 11) is 0. The second-order valence-corrected chi connectivity index (χ2v) is 6.22. The Labute approximate surface area is 95.2 Å². The topological polar surface area (TPSA) is 29.3 Å². The van der Waals surface area contributed by atoms with E-state index in [0.717, 1.165) is 12.5 Å². The van der Waals surface area contributed by atoms with E-state index in [9.17, 15) is 0 Å². The van der Waals surface area contributed by atoms with Gasteiger partial charge in [0.15, 0.2) is 0 Å². The predicted molar refractivity (Wildman–Crippen MR) is 66.9 cm³/mol. The van der Waals surface area contributed by atoms with Crippen molar-refractivity contribution in [1.82, 2.24) is 4.90 Å². The van der Waals surface area contributed by atoms with Gasteiger partial charge in [0.25, 0.3) is 0 Å². The van der Waals surface area contributed by atoms with Gasteiger partial charge >= 0.3 is 0 Å². The van der Waals surface area contributed by atoms with Crippen LogP contribution in [0.1, 0.15) is 47.0 Å². The number of likely N-dealkylation sites (tertiary alicyclic amines) is 1. The Bertz CT molecular complexity index is 177. The molecule has 1 aliphatic heterocycles. The minimum atomic E-state index is 0.549. The Morgan fingerprint density at radius 2 is 1.73 bits per heavy atom.